The van der Waals surface area contributed by atoms with E-state index in [1.807, 2.05) is 0 Å². The fourth-order valence-corrected chi connectivity index (χ4v) is 2.08. The second-order valence-corrected chi connectivity index (χ2v) is 5.22. The monoisotopic (exact) mass is 331 g/mol. The van der Waals surface area contributed by atoms with E-state index in [-0.39, 0.29) is 0 Å². The zero-order valence-corrected chi connectivity index (χ0v) is 11.7. The number of allylic oxidation sites excluding steroid dienone is 2. The number of halogens is 3. The van der Waals surface area contributed by atoms with E-state index in [4.69, 9.17) is 23.2 Å². The molecule has 5 heteroatoms. The molecule has 0 fully saturated rings. The molecule has 0 radical (unpaired) electrons. The average molecular weight is 333 g/mol. The van der Waals surface area contributed by atoms with Gasteiger partial charge in [0.1, 0.15) is 6.10 Å². The van der Waals surface area contributed by atoms with Gasteiger partial charge in [0.05, 0.1) is 16.4 Å². The predicted octanol–water partition coefficient (Wildman–Crippen LogP) is 4.28. The summed E-state index contributed by atoms with van der Waals surface area (Å²) in [5, 5.41) is 10.8. The summed E-state index contributed by atoms with van der Waals surface area (Å²) in [6.45, 7) is 0. The van der Waals surface area contributed by atoms with Gasteiger partial charge in [0.15, 0.2) is 0 Å². The molecule has 0 saturated carbocycles. The van der Waals surface area contributed by atoms with Crippen molar-refractivity contribution in [1.29, 1.82) is 0 Å². The first-order chi connectivity index (χ1) is 8.06. The van der Waals surface area contributed by atoms with Crippen LogP contribution in [0.1, 0.15) is 0 Å². The molecule has 2 rings (SSSR count). The number of hydrogen-bond donors (Lipinski definition) is 1. The molecule has 1 aromatic rings. The van der Waals surface area contributed by atoms with Gasteiger partial charge >= 0.3 is 0 Å². The van der Waals surface area contributed by atoms with Crippen LogP contribution < -0.4 is 0 Å². The Balaban J connectivity index is 2.42. The van der Waals surface area contributed by atoms with Crippen LogP contribution in [0, 0.1) is 0 Å². The lowest BCUT2D eigenvalue weighted by Crippen LogP contribution is -2.17. The van der Waals surface area contributed by atoms with Gasteiger partial charge in [-0.05, 0) is 36.4 Å². The Hall–Kier alpha value is -0.610. The van der Waals surface area contributed by atoms with Crippen LogP contribution in [0.25, 0.3) is 0 Å². The van der Waals surface area contributed by atoms with Crippen molar-refractivity contribution in [1.82, 2.24) is 0 Å². The molecule has 1 atom stereocenters. The Morgan fingerprint density at radius 1 is 1.29 bits per heavy atom. The Morgan fingerprint density at radius 2 is 2.06 bits per heavy atom. The van der Waals surface area contributed by atoms with Crippen LogP contribution in [-0.4, -0.2) is 16.9 Å². The van der Waals surface area contributed by atoms with E-state index in [1.165, 1.54) is 0 Å². The van der Waals surface area contributed by atoms with E-state index in [0.717, 1.165) is 4.48 Å². The molecule has 0 heterocycles. The van der Waals surface area contributed by atoms with E-state index < -0.39 is 6.10 Å². The zero-order valence-electron chi connectivity index (χ0n) is 8.57. The summed E-state index contributed by atoms with van der Waals surface area (Å²) in [6, 6.07) is 5.02. The third kappa shape index (κ3) is 3.19. The van der Waals surface area contributed by atoms with Crippen LogP contribution in [-0.2, 0) is 0 Å². The van der Waals surface area contributed by atoms with Gasteiger partial charge in [-0.25, -0.2) is 4.99 Å². The molecular formula is C12H8BrCl2NO. The van der Waals surface area contributed by atoms with E-state index in [9.17, 15) is 5.11 Å². The number of aliphatic hydroxyl groups excluding tert-OH is 1. The normalized spacial score (nSPS) is 21.8. The van der Waals surface area contributed by atoms with Crippen molar-refractivity contribution in [3.63, 3.8) is 0 Å². The Morgan fingerprint density at radius 3 is 2.82 bits per heavy atom. The van der Waals surface area contributed by atoms with Crippen molar-refractivity contribution >= 4 is 50.5 Å². The molecule has 1 aliphatic rings. The van der Waals surface area contributed by atoms with Crippen molar-refractivity contribution in [2.45, 2.75) is 6.10 Å². The Kier molecular flexibility index (Phi) is 4.05. The standard InChI is InChI=1S/C12H8BrCl2NO/c13-7-1-4-12(17)11(5-7)16-10-6-8(14)2-3-9(10)15/h1-6,12,17H. The maximum atomic E-state index is 9.75. The first kappa shape index (κ1) is 12.8. The number of aliphatic imine (C=N–C) groups is 1. The molecule has 0 amide bonds. The van der Waals surface area contributed by atoms with Crippen LogP contribution in [0.3, 0.4) is 0 Å². The lowest BCUT2D eigenvalue weighted by atomic mass is 10.1. The number of rotatable bonds is 1. The Bertz CT molecular complexity index is 537. The van der Waals surface area contributed by atoms with Crippen LogP contribution in [0.4, 0.5) is 5.69 Å². The van der Waals surface area contributed by atoms with Crippen LogP contribution in [0.2, 0.25) is 10.0 Å². The molecule has 1 N–H and O–H groups in total. The van der Waals surface area contributed by atoms with E-state index in [2.05, 4.69) is 20.9 Å². The summed E-state index contributed by atoms with van der Waals surface area (Å²) in [4.78, 5) is 4.30. The molecule has 0 aromatic heterocycles. The SMILES string of the molecule is OC1C=CC(Br)=CC1=Nc1cc(Cl)ccc1Cl. The molecule has 2 nitrogen and oxygen atoms in total. The summed E-state index contributed by atoms with van der Waals surface area (Å²) >= 11 is 15.2. The number of benzene rings is 1. The topological polar surface area (TPSA) is 32.6 Å². The summed E-state index contributed by atoms with van der Waals surface area (Å²) in [7, 11) is 0. The van der Waals surface area contributed by atoms with Gasteiger partial charge in [-0.1, -0.05) is 39.1 Å². The first-order valence-electron chi connectivity index (χ1n) is 4.83. The quantitative estimate of drug-likeness (QED) is 0.818. The highest BCUT2D eigenvalue weighted by atomic mass is 79.9. The Labute approximate surface area is 117 Å². The lowest BCUT2D eigenvalue weighted by Gasteiger charge is -2.11. The summed E-state index contributed by atoms with van der Waals surface area (Å²) < 4.78 is 0.847. The molecule has 1 aromatic carbocycles. The van der Waals surface area contributed by atoms with Gasteiger partial charge in [0.2, 0.25) is 0 Å². The fourth-order valence-electron chi connectivity index (χ4n) is 1.37. The van der Waals surface area contributed by atoms with Gasteiger partial charge in [-0.2, -0.15) is 0 Å². The molecule has 1 aliphatic carbocycles. The van der Waals surface area contributed by atoms with Gasteiger partial charge in [-0.3, -0.25) is 0 Å². The van der Waals surface area contributed by atoms with E-state index >= 15 is 0 Å². The van der Waals surface area contributed by atoms with E-state index in [1.54, 1.807) is 36.4 Å². The minimum Gasteiger partial charge on any atom is -0.383 e. The summed E-state index contributed by atoms with van der Waals surface area (Å²) in [5.41, 5.74) is 1.06. The fraction of sp³-hybridized carbons (Fsp3) is 0.0833. The second-order valence-electron chi connectivity index (χ2n) is 3.47. The molecule has 1 unspecified atom stereocenters. The first-order valence-corrected chi connectivity index (χ1v) is 6.38. The zero-order chi connectivity index (χ0) is 12.4. The molecular weight excluding hydrogens is 325 g/mol. The highest BCUT2D eigenvalue weighted by Crippen LogP contribution is 2.29. The number of nitrogens with zero attached hydrogens (tertiary/aromatic N) is 1. The summed E-state index contributed by atoms with van der Waals surface area (Å²) in [5.74, 6) is 0. The third-order valence-corrected chi connectivity index (χ3v) is 3.23. The van der Waals surface area contributed by atoms with Crippen molar-refractivity contribution in [3.05, 3.63) is 51.0 Å². The lowest BCUT2D eigenvalue weighted by molar-refractivity contribution is 0.289. The maximum absolute atomic E-state index is 9.75. The molecule has 0 aliphatic heterocycles. The van der Waals surface area contributed by atoms with Crippen LogP contribution in [0.15, 0.2) is 45.9 Å². The molecule has 0 spiro atoms. The smallest absolute Gasteiger partial charge is 0.114 e. The van der Waals surface area contributed by atoms with Crippen molar-refractivity contribution in [3.8, 4) is 0 Å². The maximum Gasteiger partial charge on any atom is 0.114 e. The van der Waals surface area contributed by atoms with Crippen LogP contribution in [0.5, 0.6) is 0 Å². The highest BCUT2D eigenvalue weighted by Gasteiger charge is 2.12. The highest BCUT2D eigenvalue weighted by molar-refractivity contribution is 9.11. The minimum absolute atomic E-state index is 0.494. The number of hydrogen-bond acceptors (Lipinski definition) is 2. The largest absolute Gasteiger partial charge is 0.383 e. The molecule has 0 bridgehead atoms. The van der Waals surface area contributed by atoms with Crippen molar-refractivity contribution < 1.29 is 5.11 Å². The van der Waals surface area contributed by atoms with Gasteiger partial charge in [0.25, 0.3) is 0 Å². The molecule has 88 valence electrons. The summed E-state index contributed by atoms with van der Waals surface area (Å²) in [6.07, 6.45) is 4.42. The van der Waals surface area contributed by atoms with Crippen molar-refractivity contribution in [2.24, 2.45) is 4.99 Å². The molecule has 17 heavy (non-hydrogen) atoms. The average Bonchev–Trinajstić information content (AvgIpc) is 2.28. The minimum atomic E-state index is -0.730. The van der Waals surface area contributed by atoms with E-state index in [0.29, 0.717) is 21.4 Å². The van der Waals surface area contributed by atoms with Crippen LogP contribution >= 0.6 is 39.1 Å². The molecule has 0 saturated heterocycles. The third-order valence-electron chi connectivity index (χ3n) is 2.18. The van der Waals surface area contributed by atoms with Gasteiger partial charge in [-0.15, -0.1) is 0 Å². The number of aliphatic hydroxyl groups is 1. The van der Waals surface area contributed by atoms with Gasteiger partial charge < -0.3 is 5.11 Å². The second kappa shape index (κ2) is 5.36. The van der Waals surface area contributed by atoms with Gasteiger partial charge in [0, 0.05) is 9.51 Å². The predicted molar refractivity (Wildman–Crippen MR) is 75.7 cm³/mol. The van der Waals surface area contributed by atoms with Crippen molar-refractivity contribution in [2.75, 3.05) is 0 Å².